The van der Waals surface area contributed by atoms with E-state index in [2.05, 4.69) is 6.92 Å². The Hall–Kier alpha value is -0.120. The third-order valence-electron chi connectivity index (χ3n) is 3.10. The second kappa shape index (κ2) is 7.20. The van der Waals surface area contributed by atoms with Crippen LogP contribution in [0, 0.1) is 12.0 Å². The van der Waals surface area contributed by atoms with Crippen LogP contribution in [0.5, 0.6) is 0 Å². The maximum Gasteiger partial charge on any atom is 0.0799 e. The largest absolute Gasteiger partial charge is 0.390 e. The Bertz CT molecular complexity index is 149. The molecule has 1 aliphatic heterocycles. The van der Waals surface area contributed by atoms with E-state index < -0.39 is 0 Å². The molecule has 0 saturated carbocycles. The topological polar surface area (TPSA) is 38.7 Å². The summed E-state index contributed by atoms with van der Waals surface area (Å²) in [5.41, 5.74) is 0.318. The van der Waals surface area contributed by atoms with Gasteiger partial charge in [0.1, 0.15) is 0 Å². The number of hydrogen-bond donors (Lipinski definition) is 1. The second-order valence-electron chi connectivity index (χ2n) is 4.43. The first-order valence-corrected chi connectivity index (χ1v) is 5.94. The molecular weight excluding hydrogens is 192 g/mol. The lowest BCUT2D eigenvalue weighted by atomic mass is 9.84. The minimum absolute atomic E-state index is 0.318. The third kappa shape index (κ3) is 4.49. The van der Waals surface area contributed by atoms with Gasteiger partial charge >= 0.3 is 0 Å². The van der Waals surface area contributed by atoms with Crippen LogP contribution in [0.25, 0.3) is 0 Å². The highest BCUT2D eigenvalue weighted by atomic mass is 16.5. The lowest BCUT2D eigenvalue weighted by Gasteiger charge is -2.40. The number of aliphatic hydroxyl groups is 1. The molecule has 1 rings (SSSR count). The van der Waals surface area contributed by atoms with E-state index in [9.17, 15) is 0 Å². The lowest BCUT2D eigenvalue weighted by Crippen LogP contribution is -2.45. The predicted octanol–water partition coefficient (Wildman–Crippen LogP) is 2.52. The van der Waals surface area contributed by atoms with Crippen molar-refractivity contribution in [3.05, 3.63) is 6.61 Å². The van der Waals surface area contributed by atoms with E-state index in [-0.39, 0.29) is 0 Å². The summed E-state index contributed by atoms with van der Waals surface area (Å²) in [7, 11) is 0. The summed E-state index contributed by atoms with van der Waals surface area (Å²) in [5, 5.41) is 8.48. The normalized spacial score (nSPS) is 18.8. The first-order chi connectivity index (χ1) is 7.33. The van der Waals surface area contributed by atoms with E-state index in [1.54, 1.807) is 0 Å². The van der Waals surface area contributed by atoms with Gasteiger partial charge in [-0.3, -0.25) is 0 Å². The smallest absolute Gasteiger partial charge is 0.0799 e. The SMILES string of the molecule is CCC1(COCCCCC[CH]O)COC1. The Morgan fingerprint density at radius 3 is 2.67 bits per heavy atom. The second-order valence-corrected chi connectivity index (χ2v) is 4.43. The highest BCUT2D eigenvalue weighted by molar-refractivity contribution is 4.83. The molecule has 89 valence electrons. The van der Waals surface area contributed by atoms with Gasteiger partial charge in [0.2, 0.25) is 0 Å². The standard InChI is InChI=1S/C12H23O3/c1-2-12(10-15-11-12)9-14-8-6-4-3-5-7-13/h7,13H,2-6,8-11H2,1H3. The van der Waals surface area contributed by atoms with Gasteiger partial charge in [-0.25, -0.2) is 0 Å². The summed E-state index contributed by atoms with van der Waals surface area (Å²) < 4.78 is 10.9. The summed E-state index contributed by atoms with van der Waals surface area (Å²) in [6.07, 6.45) is 5.22. The fraction of sp³-hybridized carbons (Fsp3) is 0.917. The molecule has 1 aliphatic rings. The van der Waals surface area contributed by atoms with Crippen molar-refractivity contribution < 1.29 is 14.6 Å². The van der Waals surface area contributed by atoms with Crippen molar-refractivity contribution in [2.75, 3.05) is 26.4 Å². The first kappa shape index (κ1) is 12.9. The van der Waals surface area contributed by atoms with Gasteiger partial charge in [-0.15, -0.1) is 0 Å². The fourth-order valence-corrected chi connectivity index (χ4v) is 1.69. The number of ether oxygens (including phenoxy) is 2. The molecule has 0 aromatic heterocycles. The Kier molecular flexibility index (Phi) is 6.22. The summed E-state index contributed by atoms with van der Waals surface area (Å²) in [4.78, 5) is 0. The van der Waals surface area contributed by atoms with Gasteiger partial charge in [0.05, 0.1) is 26.4 Å². The maximum atomic E-state index is 8.48. The Balaban J connectivity index is 1.88. The van der Waals surface area contributed by atoms with Crippen molar-refractivity contribution in [1.29, 1.82) is 0 Å². The zero-order valence-corrected chi connectivity index (χ0v) is 9.71. The van der Waals surface area contributed by atoms with Crippen molar-refractivity contribution in [2.45, 2.75) is 39.0 Å². The Morgan fingerprint density at radius 2 is 2.13 bits per heavy atom. The maximum absolute atomic E-state index is 8.48. The number of hydrogen-bond acceptors (Lipinski definition) is 3. The number of rotatable bonds is 9. The van der Waals surface area contributed by atoms with Crippen LogP contribution in [0.3, 0.4) is 0 Å². The van der Waals surface area contributed by atoms with Crippen LogP contribution in [0.2, 0.25) is 0 Å². The van der Waals surface area contributed by atoms with Crippen LogP contribution in [0.1, 0.15) is 39.0 Å². The van der Waals surface area contributed by atoms with Crippen LogP contribution in [-0.4, -0.2) is 31.5 Å². The molecule has 0 aromatic carbocycles. The monoisotopic (exact) mass is 215 g/mol. The van der Waals surface area contributed by atoms with Crippen molar-refractivity contribution in [1.82, 2.24) is 0 Å². The molecule has 1 N–H and O–H groups in total. The van der Waals surface area contributed by atoms with Gasteiger partial charge in [-0.05, 0) is 19.3 Å². The molecule has 0 spiro atoms. The van der Waals surface area contributed by atoms with Crippen LogP contribution in [0.4, 0.5) is 0 Å². The van der Waals surface area contributed by atoms with Crippen molar-refractivity contribution >= 4 is 0 Å². The summed E-state index contributed by atoms with van der Waals surface area (Å²) in [5.74, 6) is 0. The van der Waals surface area contributed by atoms with Crippen molar-refractivity contribution in [3.63, 3.8) is 0 Å². The molecule has 0 amide bonds. The average Bonchev–Trinajstić information content (AvgIpc) is 2.20. The number of unbranched alkanes of at least 4 members (excludes halogenated alkanes) is 3. The summed E-state index contributed by atoms with van der Waals surface area (Å²) in [6.45, 7) is 6.84. The Labute approximate surface area is 92.8 Å². The van der Waals surface area contributed by atoms with E-state index >= 15 is 0 Å². The quantitative estimate of drug-likeness (QED) is 0.601. The van der Waals surface area contributed by atoms with Crippen LogP contribution < -0.4 is 0 Å². The van der Waals surface area contributed by atoms with Crippen LogP contribution in [0.15, 0.2) is 0 Å². The van der Waals surface area contributed by atoms with Gasteiger partial charge in [0, 0.05) is 12.0 Å². The minimum Gasteiger partial charge on any atom is -0.390 e. The molecule has 1 fully saturated rings. The molecule has 0 unspecified atom stereocenters. The van der Waals surface area contributed by atoms with Crippen molar-refractivity contribution in [3.8, 4) is 0 Å². The molecule has 0 atom stereocenters. The van der Waals surface area contributed by atoms with Gasteiger partial charge in [0.15, 0.2) is 0 Å². The minimum atomic E-state index is 0.318. The van der Waals surface area contributed by atoms with Gasteiger partial charge in [-0.2, -0.15) is 0 Å². The van der Waals surface area contributed by atoms with Crippen LogP contribution in [-0.2, 0) is 9.47 Å². The fourth-order valence-electron chi connectivity index (χ4n) is 1.69. The van der Waals surface area contributed by atoms with Gasteiger partial charge in [0.25, 0.3) is 0 Å². The molecule has 1 saturated heterocycles. The van der Waals surface area contributed by atoms with Crippen molar-refractivity contribution in [2.24, 2.45) is 5.41 Å². The summed E-state index contributed by atoms with van der Waals surface area (Å²) in [6, 6.07) is 0. The Morgan fingerprint density at radius 1 is 1.33 bits per heavy atom. The summed E-state index contributed by atoms with van der Waals surface area (Å²) >= 11 is 0. The van der Waals surface area contributed by atoms with Crippen LogP contribution >= 0.6 is 0 Å². The molecular formula is C12H23O3. The lowest BCUT2D eigenvalue weighted by molar-refractivity contribution is -0.150. The van der Waals surface area contributed by atoms with Gasteiger partial charge < -0.3 is 14.6 Å². The molecule has 1 heterocycles. The predicted molar refractivity (Wildman–Crippen MR) is 59.1 cm³/mol. The molecule has 0 aromatic rings. The van der Waals surface area contributed by atoms with Gasteiger partial charge in [-0.1, -0.05) is 19.8 Å². The number of aliphatic hydroxyl groups excluding tert-OH is 1. The van der Waals surface area contributed by atoms with E-state index in [1.807, 2.05) is 0 Å². The van der Waals surface area contributed by atoms with E-state index in [4.69, 9.17) is 14.6 Å². The van der Waals surface area contributed by atoms with E-state index in [0.717, 1.165) is 58.5 Å². The third-order valence-corrected chi connectivity index (χ3v) is 3.10. The first-order valence-electron chi connectivity index (χ1n) is 5.94. The highest BCUT2D eigenvalue weighted by Gasteiger charge is 2.36. The molecule has 0 bridgehead atoms. The molecule has 15 heavy (non-hydrogen) atoms. The van der Waals surface area contributed by atoms with E-state index in [0.29, 0.717) is 5.41 Å². The zero-order valence-electron chi connectivity index (χ0n) is 9.71. The van der Waals surface area contributed by atoms with E-state index in [1.165, 1.54) is 6.61 Å². The zero-order chi connectivity index (χ0) is 11.0. The molecule has 3 heteroatoms. The average molecular weight is 215 g/mol. The highest BCUT2D eigenvalue weighted by Crippen LogP contribution is 2.31. The molecule has 3 nitrogen and oxygen atoms in total. The molecule has 0 aliphatic carbocycles. The molecule has 1 radical (unpaired) electrons.